The van der Waals surface area contributed by atoms with Crippen LogP contribution in [0.5, 0.6) is 11.5 Å². The lowest BCUT2D eigenvalue weighted by Crippen LogP contribution is -2.37. The van der Waals surface area contributed by atoms with Crippen molar-refractivity contribution in [3.05, 3.63) is 124 Å². The van der Waals surface area contributed by atoms with Crippen LogP contribution in [0.25, 0.3) is 28.0 Å². The lowest BCUT2D eigenvalue weighted by atomic mass is 9.70. The molecule has 2 aliphatic carbocycles. The third kappa shape index (κ3) is 6.69. The number of methoxy groups -OCH3 is 1. The normalized spacial score (nSPS) is 23.3. The van der Waals surface area contributed by atoms with Crippen molar-refractivity contribution in [3.63, 3.8) is 0 Å². The molecule has 9 heteroatoms. The van der Waals surface area contributed by atoms with Gasteiger partial charge in [-0.05, 0) is 120 Å². The van der Waals surface area contributed by atoms with Gasteiger partial charge in [0.1, 0.15) is 11.5 Å². The molecule has 0 bridgehead atoms. The van der Waals surface area contributed by atoms with Crippen LogP contribution in [-0.4, -0.2) is 65.9 Å². The average molecular weight is 829 g/mol. The highest BCUT2D eigenvalue weighted by Gasteiger charge is 2.48. The summed E-state index contributed by atoms with van der Waals surface area (Å²) in [6.07, 6.45) is 3.69. The molecule has 1 atom stereocenters. The van der Waals surface area contributed by atoms with Crippen LogP contribution >= 0.6 is 0 Å². The van der Waals surface area contributed by atoms with Crippen molar-refractivity contribution in [1.29, 1.82) is 0 Å². The van der Waals surface area contributed by atoms with Gasteiger partial charge in [-0.3, -0.25) is 0 Å². The maximum atomic E-state index is 13.7. The minimum Gasteiger partial charge on any atom is -0.497 e. The summed E-state index contributed by atoms with van der Waals surface area (Å²) in [6.45, 7) is 10.7. The van der Waals surface area contributed by atoms with Crippen molar-refractivity contribution in [1.82, 2.24) is 0 Å². The number of anilines is 2. The summed E-state index contributed by atoms with van der Waals surface area (Å²) in [6, 6.07) is 30.8. The second kappa shape index (κ2) is 15.7. The molecule has 318 valence electrons. The number of hydrogen-bond donors (Lipinski definition) is 0. The van der Waals surface area contributed by atoms with Crippen LogP contribution in [0.1, 0.15) is 91.7 Å². The van der Waals surface area contributed by atoms with Crippen molar-refractivity contribution in [3.8, 4) is 22.6 Å². The van der Waals surface area contributed by atoms with E-state index in [-0.39, 0.29) is 24.2 Å². The second-order valence-electron chi connectivity index (χ2n) is 17.6. The smallest absolute Gasteiger partial charge is 0.391 e. The molecule has 0 radical (unpaired) electrons. The van der Waals surface area contributed by atoms with E-state index in [0.29, 0.717) is 26.1 Å². The van der Waals surface area contributed by atoms with Crippen LogP contribution < -0.4 is 19.3 Å². The molecular weight excluding hydrogens is 774 g/mol. The van der Waals surface area contributed by atoms with E-state index in [9.17, 15) is 13.2 Å². The highest BCUT2D eigenvalue weighted by molar-refractivity contribution is 6.09. The molecule has 5 aromatic carbocycles. The van der Waals surface area contributed by atoms with Gasteiger partial charge in [-0.25, -0.2) is 0 Å². The first-order valence-corrected chi connectivity index (χ1v) is 22.3. The molecule has 1 saturated carbocycles. The van der Waals surface area contributed by atoms with Gasteiger partial charge in [-0.2, -0.15) is 13.2 Å². The Morgan fingerprint density at radius 1 is 0.705 bits per heavy atom. The van der Waals surface area contributed by atoms with Crippen LogP contribution in [0.3, 0.4) is 0 Å². The largest absolute Gasteiger partial charge is 0.497 e. The Balaban J connectivity index is 1.16. The van der Waals surface area contributed by atoms with Gasteiger partial charge in [-0.15, -0.1) is 0 Å². The summed E-state index contributed by atoms with van der Waals surface area (Å²) in [7, 11) is 1.69. The Hall–Kier alpha value is -4.99. The number of morpholine rings is 2. The summed E-state index contributed by atoms with van der Waals surface area (Å²) in [5, 5.41) is 2.21. The zero-order chi connectivity index (χ0) is 41.9. The number of benzene rings is 5. The summed E-state index contributed by atoms with van der Waals surface area (Å²) < 4.78 is 66.0. The quantitative estimate of drug-likeness (QED) is 0.155. The van der Waals surface area contributed by atoms with Crippen molar-refractivity contribution >= 4 is 28.2 Å². The van der Waals surface area contributed by atoms with E-state index in [2.05, 4.69) is 109 Å². The molecule has 10 rings (SSSR count). The van der Waals surface area contributed by atoms with Gasteiger partial charge in [0.2, 0.25) is 0 Å². The van der Waals surface area contributed by atoms with Crippen LogP contribution in [0.15, 0.2) is 91.0 Å². The Morgan fingerprint density at radius 3 is 1.92 bits per heavy atom. The van der Waals surface area contributed by atoms with Gasteiger partial charge in [0.25, 0.3) is 0 Å². The van der Waals surface area contributed by atoms with E-state index in [4.69, 9.17) is 18.9 Å². The molecule has 3 aliphatic heterocycles. The number of rotatable bonds is 8. The highest BCUT2D eigenvalue weighted by atomic mass is 19.4. The molecule has 61 heavy (non-hydrogen) atoms. The fourth-order valence-electron chi connectivity index (χ4n) is 11.3. The molecular formula is C52H55F3N2O4. The van der Waals surface area contributed by atoms with E-state index in [0.717, 1.165) is 108 Å². The molecule has 6 nitrogen and oxygen atoms in total. The number of ether oxygens (including phenoxy) is 4. The Labute approximate surface area is 357 Å². The zero-order valence-corrected chi connectivity index (χ0v) is 35.5. The van der Waals surface area contributed by atoms with Crippen LogP contribution in [-0.2, 0) is 20.5 Å². The van der Waals surface area contributed by atoms with E-state index in [1.807, 2.05) is 12.1 Å². The molecule has 1 unspecified atom stereocenters. The molecule has 5 aromatic rings. The summed E-state index contributed by atoms with van der Waals surface area (Å²) in [4.78, 5) is 4.77. The van der Waals surface area contributed by atoms with Crippen molar-refractivity contribution in [2.24, 2.45) is 5.92 Å². The molecule has 2 saturated heterocycles. The van der Waals surface area contributed by atoms with Gasteiger partial charge in [0, 0.05) is 65.0 Å². The van der Waals surface area contributed by atoms with Gasteiger partial charge in [0.05, 0.1) is 39.5 Å². The van der Waals surface area contributed by atoms with Crippen LogP contribution in [0.2, 0.25) is 0 Å². The number of nitrogens with zero attached hydrogens (tertiary/aromatic N) is 2. The molecule has 0 spiro atoms. The highest BCUT2D eigenvalue weighted by Crippen LogP contribution is 2.61. The predicted octanol–water partition coefficient (Wildman–Crippen LogP) is 11.8. The van der Waals surface area contributed by atoms with E-state index < -0.39 is 17.7 Å². The fourth-order valence-corrected chi connectivity index (χ4v) is 11.3. The van der Waals surface area contributed by atoms with E-state index in [1.165, 1.54) is 22.3 Å². The standard InChI is InChI=1S/C52H55F3N2O4/c1-4-50(5-2)46-32-35(34-6-9-38(10-7-34)52(53,54)55)8-20-43(46)47-42-21-17-40(57-26-30-60-31-27-57)33-45(42)49-44(48(47)50)22-23-51(61-49,37-13-18-41(58-3)19-14-37)36-11-15-39(16-12-36)56-24-28-59-29-25-56/h8,11-23,32-34,38H,4-7,9-10,24-31H2,1-3H3. The number of fused-ring (bicyclic) bond motifs is 8. The van der Waals surface area contributed by atoms with E-state index in [1.54, 1.807) is 7.11 Å². The second-order valence-corrected chi connectivity index (χ2v) is 17.6. The monoisotopic (exact) mass is 828 g/mol. The molecule has 3 heterocycles. The maximum Gasteiger partial charge on any atom is 0.391 e. The first-order valence-electron chi connectivity index (χ1n) is 22.3. The topological polar surface area (TPSA) is 43.4 Å². The van der Waals surface area contributed by atoms with Crippen LogP contribution in [0, 0.1) is 5.92 Å². The van der Waals surface area contributed by atoms with Gasteiger partial charge in [-0.1, -0.05) is 68.5 Å². The van der Waals surface area contributed by atoms with Gasteiger partial charge >= 0.3 is 6.18 Å². The lowest BCUT2D eigenvalue weighted by molar-refractivity contribution is -0.182. The molecule has 0 N–H and O–H groups in total. The van der Waals surface area contributed by atoms with Gasteiger partial charge < -0.3 is 28.7 Å². The SMILES string of the molecule is CCC1(CC)c2cc(C3CCC(C(F)(F)F)CC3)ccc2-c2c1c1c(c3cc(N4CCOCC4)ccc23)OC(c2ccc(OC)cc2)(c2ccc(N3CCOCC3)cc2)C=C1. The maximum absolute atomic E-state index is 13.7. The average Bonchev–Trinajstić information content (AvgIpc) is 3.61. The van der Waals surface area contributed by atoms with Crippen LogP contribution in [0.4, 0.5) is 24.5 Å². The summed E-state index contributed by atoms with van der Waals surface area (Å²) in [5.74, 6) is 0.557. The third-order valence-corrected chi connectivity index (χ3v) is 14.8. The molecule has 0 aromatic heterocycles. The van der Waals surface area contributed by atoms with Crippen molar-refractivity contribution < 1.29 is 32.1 Å². The fraction of sp³-hybridized carbons (Fsp3) is 0.423. The number of hydrogen-bond acceptors (Lipinski definition) is 6. The first kappa shape index (κ1) is 40.1. The summed E-state index contributed by atoms with van der Waals surface area (Å²) >= 11 is 0. The summed E-state index contributed by atoms with van der Waals surface area (Å²) in [5.41, 5.74) is 10.4. The van der Waals surface area contributed by atoms with Gasteiger partial charge in [0.15, 0.2) is 5.60 Å². The first-order chi connectivity index (χ1) is 29.7. The minimum absolute atomic E-state index is 0.115. The lowest BCUT2D eigenvalue weighted by Gasteiger charge is -2.40. The Kier molecular flexibility index (Phi) is 10.3. The predicted molar refractivity (Wildman–Crippen MR) is 237 cm³/mol. The molecule has 0 amide bonds. The zero-order valence-electron chi connectivity index (χ0n) is 35.5. The van der Waals surface area contributed by atoms with Crippen molar-refractivity contribution in [2.45, 2.75) is 75.5 Å². The molecule has 5 aliphatic rings. The molecule has 3 fully saturated rings. The number of halogens is 3. The minimum atomic E-state index is -4.13. The Morgan fingerprint density at radius 2 is 1.31 bits per heavy atom. The van der Waals surface area contributed by atoms with Crippen molar-refractivity contribution in [2.75, 3.05) is 69.5 Å². The number of alkyl halides is 3. The Bertz CT molecular complexity index is 2440. The van der Waals surface area contributed by atoms with E-state index >= 15 is 0 Å². The third-order valence-electron chi connectivity index (χ3n) is 14.8.